The standard InChI is InChI=1S/C27H36F5N5O4/c1-25(2,3)41-24(40)33-17(13-37-15-26(28,29)10-8-20(37)38)12-21(39)36-11-9-18-19(14-36)34-23(16-6-4-5-7-16)35-22(18)27(30,31)32/h16-17H,4-15H2,1-3H3,(H,33,40)/t17-/m0/s1. The van der Waals surface area contributed by atoms with Gasteiger partial charge in [-0.2, -0.15) is 13.2 Å². The number of fused-ring (bicyclic) bond motifs is 1. The van der Waals surface area contributed by atoms with Crippen molar-refractivity contribution in [2.24, 2.45) is 0 Å². The van der Waals surface area contributed by atoms with Crippen LogP contribution in [0.3, 0.4) is 0 Å². The second-order valence-electron chi connectivity index (χ2n) is 12.1. The van der Waals surface area contributed by atoms with E-state index in [-0.39, 0.29) is 61.9 Å². The fraction of sp³-hybridized carbons (Fsp3) is 0.741. The highest BCUT2D eigenvalue weighted by Crippen LogP contribution is 2.38. The molecule has 3 aliphatic rings. The van der Waals surface area contributed by atoms with E-state index in [1.54, 1.807) is 20.8 Å². The molecule has 1 saturated carbocycles. The van der Waals surface area contributed by atoms with Crippen molar-refractivity contribution in [2.75, 3.05) is 19.6 Å². The molecule has 1 atom stereocenters. The van der Waals surface area contributed by atoms with Crippen LogP contribution in [0, 0.1) is 0 Å². The zero-order valence-electron chi connectivity index (χ0n) is 23.5. The molecular weight excluding hydrogens is 553 g/mol. The van der Waals surface area contributed by atoms with Gasteiger partial charge in [-0.25, -0.2) is 23.5 Å². The average Bonchev–Trinajstić information content (AvgIpc) is 3.38. The first-order valence-corrected chi connectivity index (χ1v) is 13.9. The van der Waals surface area contributed by atoms with E-state index in [9.17, 15) is 36.3 Å². The lowest BCUT2D eigenvalue weighted by Crippen LogP contribution is -2.54. The molecule has 3 amide bonds. The maximum atomic E-state index is 14.0. The monoisotopic (exact) mass is 589 g/mol. The van der Waals surface area contributed by atoms with Crippen LogP contribution in [0.15, 0.2) is 0 Å². The molecule has 3 heterocycles. The number of carbonyl (C=O) groups excluding carboxylic acids is 3. The second-order valence-corrected chi connectivity index (χ2v) is 12.1. The van der Waals surface area contributed by atoms with Crippen LogP contribution >= 0.6 is 0 Å². The molecule has 228 valence electrons. The molecule has 1 saturated heterocycles. The van der Waals surface area contributed by atoms with Crippen LogP contribution in [0.1, 0.15) is 94.4 Å². The van der Waals surface area contributed by atoms with Crippen molar-refractivity contribution in [2.45, 2.75) is 108 Å². The van der Waals surface area contributed by atoms with Gasteiger partial charge in [-0.1, -0.05) is 12.8 Å². The van der Waals surface area contributed by atoms with Crippen LogP contribution < -0.4 is 5.32 Å². The predicted molar refractivity (Wildman–Crippen MR) is 136 cm³/mol. The highest BCUT2D eigenvalue weighted by atomic mass is 19.4. The first-order valence-electron chi connectivity index (χ1n) is 13.9. The molecule has 0 aromatic carbocycles. The van der Waals surface area contributed by atoms with Gasteiger partial charge in [0.15, 0.2) is 5.69 Å². The third-order valence-electron chi connectivity index (χ3n) is 7.49. The van der Waals surface area contributed by atoms with Gasteiger partial charge in [0, 0.05) is 43.8 Å². The van der Waals surface area contributed by atoms with Crippen molar-refractivity contribution in [3.63, 3.8) is 0 Å². The van der Waals surface area contributed by atoms with E-state index in [0.29, 0.717) is 12.8 Å². The van der Waals surface area contributed by atoms with Crippen molar-refractivity contribution in [1.29, 1.82) is 0 Å². The Morgan fingerprint density at radius 1 is 1.12 bits per heavy atom. The molecule has 0 unspecified atom stereocenters. The van der Waals surface area contributed by atoms with Crippen LogP contribution in [0.2, 0.25) is 0 Å². The summed E-state index contributed by atoms with van der Waals surface area (Å²) >= 11 is 0. The topological polar surface area (TPSA) is 105 Å². The second kappa shape index (κ2) is 11.7. The Hall–Kier alpha value is -3.06. The van der Waals surface area contributed by atoms with E-state index >= 15 is 0 Å². The molecule has 41 heavy (non-hydrogen) atoms. The van der Waals surface area contributed by atoms with Gasteiger partial charge < -0.3 is 19.9 Å². The normalized spacial score (nSPS) is 20.5. The van der Waals surface area contributed by atoms with Crippen molar-refractivity contribution < 1.29 is 41.1 Å². The minimum atomic E-state index is -4.67. The summed E-state index contributed by atoms with van der Waals surface area (Å²) in [6.45, 7) is 3.47. The number of hydrogen-bond donors (Lipinski definition) is 1. The number of alkyl carbamates (subject to hydrolysis) is 1. The minimum absolute atomic E-state index is 0.0344. The number of carbonyl (C=O) groups is 3. The summed E-state index contributed by atoms with van der Waals surface area (Å²) in [4.78, 5) is 48.9. The van der Waals surface area contributed by atoms with Gasteiger partial charge in [0.2, 0.25) is 11.8 Å². The third kappa shape index (κ3) is 8.03. The average molecular weight is 590 g/mol. The lowest BCUT2D eigenvalue weighted by Gasteiger charge is -2.36. The summed E-state index contributed by atoms with van der Waals surface area (Å²) in [6.07, 6.45) is -3.83. The van der Waals surface area contributed by atoms with Gasteiger partial charge in [-0.05, 0) is 40.0 Å². The maximum absolute atomic E-state index is 14.0. The van der Waals surface area contributed by atoms with E-state index in [4.69, 9.17) is 4.74 Å². The molecule has 4 rings (SSSR count). The zero-order chi connectivity index (χ0) is 30.2. The summed E-state index contributed by atoms with van der Waals surface area (Å²) < 4.78 is 75.1. The van der Waals surface area contributed by atoms with Crippen LogP contribution in [0.25, 0.3) is 0 Å². The van der Waals surface area contributed by atoms with Gasteiger partial charge in [0.1, 0.15) is 11.4 Å². The smallest absolute Gasteiger partial charge is 0.433 e. The van der Waals surface area contributed by atoms with Crippen LogP contribution in [0.4, 0.5) is 26.7 Å². The van der Waals surface area contributed by atoms with E-state index in [1.165, 1.54) is 4.90 Å². The summed E-state index contributed by atoms with van der Waals surface area (Å²) in [5.41, 5.74) is -1.74. The highest BCUT2D eigenvalue weighted by molar-refractivity contribution is 5.79. The molecule has 1 aromatic rings. The molecule has 1 N–H and O–H groups in total. The Morgan fingerprint density at radius 3 is 2.44 bits per heavy atom. The predicted octanol–water partition coefficient (Wildman–Crippen LogP) is 4.58. The number of likely N-dealkylation sites (tertiary alicyclic amines) is 1. The highest BCUT2D eigenvalue weighted by Gasteiger charge is 2.42. The van der Waals surface area contributed by atoms with Crippen LogP contribution in [-0.2, 0) is 33.5 Å². The molecule has 2 fully saturated rings. The molecule has 14 heteroatoms. The Bertz CT molecular complexity index is 1160. The van der Waals surface area contributed by atoms with Gasteiger partial charge >= 0.3 is 12.3 Å². The lowest BCUT2D eigenvalue weighted by molar-refractivity contribution is -0.148. The molecule has 1 aromatic heterocycles. The van der Waals surface area contributed by atoms with E-state index in [1.807, 2.05) is 0 Å². The Balaban J connectivity index is 1.53. The van der Waals surface area contributed by atoms with Crippen molar-refractivity contribution in [1.82, 2.24) is 25.1 Å². The van der Waals surface area contributed by atoms with Gasteiger partial charge in [-0.3, -0.25) is 9.59 Å². The third-order valence-corrected chi connectivity index (χ3v) is 7.49. The summed E-state index contributed by atoms with van der Waals surface area (Å²) in [7, 11) is 0. The number of nitrogens with zero attached hydrogens (tertiary/aromatic N) is 4. The zero-order valence-corrected chi connectivity index (χ0v) is 23.5. The number of halogens is 5. The number of hydrogen-bond acceptors (Lipinski definition) is 6. The number of rotatable bonds is 6. The fourth-order valence-corrected chi connectivity index (χ4v) is 5.57. The van der Waals surface area contributed by atoms with E-state index < -0.39 is 60.3 Å². The number of alkyl halides is 5. The molecule has 0 radical (unpaired) electrons. The van der Waals surface area contributed by atoms with Crippen LogP contribution in [0.5, 0.6) is 0 Å². The maximum Gasteiger partial charge on any atom is 0.433 e. The molecule has 2 aliphatic heterocycles. The molecule has 1 aliphatic carbocycles. The number of nitrogens with one attached hydrogen (secondary N) is 1. The van der Waals surface area contributed by atoms with Gasteiger partial charge in [0.25, 0.3) is 5.92 Å². The van der Waals surface area contributed by atoms with E-state index in [0.717, 1.165) is 17.7 Å². The van der Waals surface area contributed by atoms with Crippen molar-refractivity contribution >= 4 is 17.9 Å². The SMILES string of the molecule is CC(C)(C)OC(=O)N[C@@H](CC(=O)N1CCc2c(nc(C3CCCC3)nc2C(F)(F)F)C1)CN1CC(F)(F)CCC1=O. The first-order chi connectivity index (χ1) is 19.0. The Labute approximate surface area is 235 Å². The summed E-state index contributed by atoms with van der Waals surface area (Å²) in [5.74, 6) is -4.19. The van der Waals surface area contributed by atoms with Gasteiger partial charge in [0.05, 0.1) is 24.8 Å². The van der Waals surface area contributed by atoms with Gasteiger partial charge in [-0.15, -0.1) is 0 Å². The largest absolute Gasteiger partial charge is 0.444 e. The molecular formula is C27H36F5N5O4. The first kappa shape index (κ1) is 30.9. The quantitative estimate of drug-likeness (QED) is 0.488. The Kier molecular flexibility index (Phi) is 8.79. The summed E-state index contributed by atoms with van der Waals surface area (Å²) in [6, 6.07) is -1.07. The molecule has 0 spiro atoms. The van der Waals surface area contributed by atoms with Crippen LogP contribution in [-0.4, -0.2) is 74.9 Å². The number of aromatic nitrogens is 2. The number of ether oxygens (including phenoxy) is 1. The van der Waals surface area contributed by atoms with Crippen molar-refractivity contribution in [3.8, 4) is 0 Å². The lowest BCUT2D eigenvalue weighted by atomic mass is 9.99. The van der Waals surface area contributed by atoms with Crippen molar-refractivity contribution in [3.05, 3.63) is 22.8 Å². The fourth-order valence-electron chi connectivity index (χ4n) is 5.57. The number of piperidine rings is 1. The summed E-state index contributed by atoms with van der Waals surface area (Å²) in [5, 5.41) is 2.51. The van der Waals surface area contributed by atoms with E-state index in [2.05, 4.69) is 15.3 Å². The number of amides is 3. The minimum Gasteiger partial charge on any atom is -0.444 e. The molecule has 9 nitrogen and oxygen atoms in total. The Morgan fingerprint density at radius 2 is 1.80 bits per heavy atom. The molecule has 0 bridgehead atoms.